The van der Waals surface area contributed by atoms with Crippen molar-refractivity contribution in [1.29, 1.82) is 0 Å². The standard InChI is InChI=1S/C11H10F3N3/c1-6-3-8(11(12,13)14)5-9(15-6)10-4-7(2)16-17-10/h3-5H,1-2H3,(H,16,17). The Hall–Kier alpha value is -1.85. The fourth-order valence-corrected chi connectivity index (χ4v) is 1.51. The van der Waals surface area contributed by atoms with Gasteiger partial charge in [0, 0.05) is 11.4 Å². The van der Waals surface area contributed by atoms with E-state index in [9.17, 15) is 13.2 Å². The number of aromatic amines is 1. The summed E-state index contributed by atoms with van der Waals surface area (Å²) in [5, 5.41) is 6.57. The van der Waals surface area contributed by atoms with Crippen LogP contribution in [-0.2, 0) is 6.18 Å². The van der Waals surface area contributed by atoms with Crippen LogP contribution in [0.4, 0.5) is 13.2 Å². The Morgan fingerprint density at radius 2 is 1.76 bits per heavy atom. The molecule has 2 heterocycles. The first-order valence-corrected chi connectivity index (χ1v) is 4.94. The molecule has 0 bridgehead atoms. The van der Waals surface area contributed by atoms with Gasteiger partial charge in [0.2, 0.25) is 0 Å². The summed E-state index contributed by atoms with van der Waals surface area (Å²) in [7, 11) is 0. The van der Waals surface area contributed by atoms with E-state index in [2.05, 4.69) is 15.2 Å². The number of H-pyrrole nitrogens is 1. The summed E-state index contributed by atoms with van der Waals surface area (Å²) < 4.78 is 37.8. The highest BCUT2D eigenvalue weighted by atomic mass is 19.4. The number of nitrogens with zero attached hydrogens (tertiary/aromatic N) is 2. The topological polar surface area (TPSA) is 41.6 Å². The van der Waals surface area contributed by atoms with Crippen molar-refractivity contribution in [2.45, 2.75) is 20.0 Å². The zero-order valence-electron chi connectivity index (χ0n) is 9.26. The second-order valence-electron chi connectivity index (χ2n) is 3.82. The molecule has 0 saturated heterocycles. The van der Waals surface area contributed by atoms with Gasteiger partial charge in [-0.15, -0.1) is 0 Å². The third-order valence-corrected chi connectivity index (χ3v) is 2.25. The molecule has 1 N–H and O–H groups in total. The summed E-state index contributed by atoms with van der Waals surface area (Å²) >= 11 is 0. The predicted octanol–water partition coefficient (Wildman–Crippen LogP) is 3.11. The molecule has 0 unspecified atom stereocenters. The molecule has 90 valence electrons. The van der Waals surface area contributed by atoms with Crippen molar-refractivity contribution in [3.63, 3.8) is 0 Å². The Morgan fingerprint density at radius 3 is 2.29 bits per heavy atom. The van der Waals surface area contributed by atoms with Gasteiger partial charge in [-0.3, -0.25) is 10.1 Å². The average molecular weight is 241 g/mol. The summed E-state index contributed by atoms with van der Waals surface area (Å²) in [5.74, 6) is 0. The molecule has 0 spiro atoms. The van der Waals surface area contributed by atoms with Crippen LogP contribution in [0.3, 0.4) is 0 Å². The molecule has 0 aromatic carbocycles. The van der Waals surface area contributed by atoms with Crippen molar-refractivity contribution in [2.75, 3.05) is 0 Å². The van der Waals surface area contributed by atoms with Crippen LogP contribution in [0.2, 0.25) is 0 Å². The van der Waals surface area contributed by atoms with Gasteiger partial charge in [-0.05, 0) is 32.0 Å². The van der Waals surface area contributed by atoms with Gasteiger partial charge in [-0.2, -0.15) is 18.3 Å². The zero-order valence-corrected chi connectivity index (χ0v) is 9.26. The molecule has 6 heteroatoms. The number of nitrogens with one attached hydrogen (secondary N) is 1. The SMILES string of the molecule is Cc1cc(C(F)(F)F)cc(-c2cc(C)[nH]n2)n1. The number of pyridine rings is 1. The maximum atomic E-state index is 12.6. The molecule has 0 atom stereocenters. The Balaban J connectivity index is 2.52. The molecule has 0 amide bonds. The van der Waals surface area contributed by atoms with E-state index < -0.39 is 11.7 Å². The van der Waals surface area contributed by atoms with Crippen LogP contribution in [0.1, 0.15) is 17.0 Å². The average Bonchev–Trinajstić information content (AvgIpc) is 2.62. The van der Waals surface area contributed by atoms with Crippen molar-refractivity contribution in [3.05, 3.63) is 35.2 Å². The van der Waals surface area contributed by atoms with E-state index in [1.54, 1.807) is 13.0 Å². The number of aromatic nitrogens is 3. The summed E-state index contributed by atoms with van der Waals surface area (Å²) in [5.41, 5.74) is 1.02. The van der Waals surface area contributed by atoms with Gasteiger partial charge in [0.15, 0.2) is 0 Å². The van der Waals surface area contributed by atoms with E-state index in [4.69, 9.17) is 0 Å². The minimum Gasteiger partial charge on any atom is -0.282 e. The van der Waals surface area contributed by atoms with Crippen LogP contribution < -0.4 is 0 Å². The zero-order chi connectivity index (χ0) is 12.6. The van der Waals surface area contributed by atoms with Crippen LogP contribution >= 0.6 is 0 Å². The Labute approximate surface area is 95.7 Å². The Kier molecular flexibility index (Phi) is 2.65. The molecule has 0 fully saturated rings. The third kappa shape index (κ3) is 2.46. The van der Waals surface area contributed by atoms with Crippen molar-refractivity contribution < 1.29 is 13.2 Å². The van der Waals surface area contributed by atoms with E-state index in [0.717, 1.165) is 17.8 Å². The van der Waals surface area contributed by atoms with Crippen LogP contribution in [0.5, 0.6) is 0 Å². The molecular weight excluding hydrogens is 231 g/mol. The third-order valence-electron chi connectivity index (χ3n) is 2.25. The molecule has 2 rings (SSSR count). The molecule has 17 heavy (non-hydrogen) atoms. The van der Waals surface area contributed by atoms with Gasteiger partial charge in [0.25, 0.3) is 0 Å². The van der Waals surface area contributed by atoms with Crippen LogP contribution in [0.15, 0.2) is 18.2 Å². The van der Waals surface area contributed by atoms with E-state index >= 15 is 0 Å². The van der Waals surface area contributed by atoms with Crippen LogP contribution in [0.25, 0.3) is 11.4 Å². The molecule has 2 aromatic rings. The lowest BCUT2D eigenvalue weighted by Crippen LogP contribution is -2.06. The lowest BCUT2D eigenvalue weighted by atomic mass is 10.1. The number of aryl methyl sites for hydroxylation is 2. The smallest absolute Gasteiger partial charge is 0.282 e. The minimum atomic E-state index is -4.37. The highest BCUT2D eigenvalue weighted by Gasteiger charge is 2.31. The van der Waals surface area contributed by atoms with E-state index in [-0.39, 0.29) is 5.69 Å². The number of hydrogen-bond donors (Lipinski definition) is 1. The van der Waals surface area contributed by atoms with E-state index in [0.29, 0.717) is 11.4 Å². The first-order chi connectivity index (χ1) is 7.86. The fourth-order valence-electron chi connectivity index (χ4n) is 1.51. The summed E-state index contributed by atoms with van der Waals surface area (Å²) in [6.07, 6.45) is -4.37. The van der Waals surface area contributed by atoms with Gasteiger partial charge in [-0.1, -0.05) is 0 Å². The summed E-state index contributed by atoms with van der Waals surface area (Å²) in [4.78, 5) is 4.05. The largest absolute Gasteiger partial charge is 0.416 e. The van der Waals surface area contributed by atoms with Crippen molar-refractivity contribution >= 4 is 0 Å². The highest BCUT2D eigenvalue weighted by Crippen LogP contribution is 2.31. The maximum Gasteiger partial charge on any atom is 0.416 e. The van der Waals surface area contributed by atoms with Crippen molar-refractivity contribution in [2.24, 2.45) is 0 Å². The van der Waals surface area contributed by atoms with Gasteiger partial charge in [0.05, 0.1) is 11.3 Å². The molecular formula is C11H10F3N3. The van der Waals surface area contributed by atoms with Gasteiger partial charge in [-0.25, -0.2) is 0 Å². The van der Waals surface area contributed by atoms with Crippen molar-refractivity contribution in [3.8, 4) is 11.4 Å². The first kappa shape index (κ1) is 11.6. The lowest BCUT2D eigenvalue weighted by molar-refractivity contribution is -0.137. The number of alkyl halides is 3. The first-order valence-electron chi connectivity index (χ1n) is 4.94. The van der Waals surface area contributed by atoms with E-state index in [1.807, 2.05) is 0 Å². The van der Waals surface area contributed by atoms with Crippen LogP contribution in [0, 0.1) is 13.8 Å². The van der Waals surface area contributed by atoms with Crippen LogP contribution in [-0.4, -0.2) is 15.2 Å². The molecule has 0 aliphatic rings. The monoisotopic (exact) mass is 241 g/mol. The summed E-state index contributed by atoms with van der Waals surface area (Å²) in [6, 6.07) is 3.67. The Morgan fingerprint density at radius 1 is 1.06 bits per heavy atom. The van der Waals surface area contributed by atoms with Crippen molar-refractivity contribution in [1.82, 2.24) is 15.2 Å². The van der Waals surface area contributed by atoms with E-state index in [1.165, 1.54) is 6.92 Å². The normalized spacial score (nSPS) is 11.8. The van der Waals surface area contributed by atoms with Gasteiger partial charge >= 0.3 is 6.18 Å². The Bertz CT molecular complexity index is 543. The predicted molar refractivity (Wildman–Crippen MR) is 56.3 cm³/mol. The molecule has 0 radical (unpaired) electrons. The number of hydrogen-bond acceptors (Lipinski definition) is 2. The number of halogens is 3. The van der Waals surface area contributed by atoms with Gasteiger partial charge in [0.1, 0.15) is 5.69 Å². The maximum absolute atomic E-state index is 12.6. The van der Waals surface area contributed by atoms with Gasteiger partial charge < -0.3 is 0 Å². The molecule has 0 aliphatic carbocycles. The second-order valence-corrected chi connectivity index (χ2v) is 3.82. The molecule has 2 aromatic heterocycles. The molecule has 0 saturated carbocycles. The fraction of sp³-hybridized carbons (Fsp3) is 0.273. The minimum absolute atomic E-state index is 0.224. The lowest BCUT2D eigenvalue weighted by Gasteiger charge is -2.08. The second kappa shape index (κ2) is 3.87. The molecule has 0 aliphatic heterocycles. The highest BCUT2D eigenvalue weighted by molar-refractivity contribution is 5.56. The molecule has 3 nitrogen and oxygen atoms in total. The summed E-state index contributed by atoms with van der Waals surface area (Å²) in [6.45, 7) is 3.30. The quantitative estimate of drug-likeness (QED) is 0.833. The number of rotatable bonds is 1.